The summed E-state index contributed by atoms with van der Waals surface area (Å²) in [5, 5.41) is 6.80. The van der Waals surface area contributed by atoms with Gasteiger partial charge in [-0.2, -0.15) is 0 Å². The van der Waals surface area contributed by atoms with E-state index in [0.717, 1.165) is 24.9 Å². The number of hydrogen-bond donors (Lipinski definition) is 2. The molecule has 1 aromatic carbocycles. The standard InChI is InChI=1S/C14H21ClN2O/c1-3-4-8-16-14(18)11(2)17-10-12-6-5-7-13(15)9-12/h5-7,9,11,17H,3-4,8,10H2,1-2H3,(H,16,18). The van der Waals surface area contributed by atoms with Crippen LogP contribution in [0.4, 0.5) is 0 Å². The summed E-state index contributed by atoms with van der Waals surface area (Å²) in [6, 6.07) is 7.44. The zero-order chi connectivity index (χ0) is 13.4. The molecule has 0 heterocycles. The molecule has 0 saturated carbocycles. The first kappa shape index (κ1) is 15.0. The summed E-state index contributed by atoms with van der Waals surface area (Å²) in [7, 11) is 0. The lowest BCUT2D eigenvalue weighted by Gasteiger charge is -2.14. The second-order valence-corrected chi connectivity index (χ2v) is 4.81. The Hall–Kier alpha value is -1.06. The van der Waals surface area contributed by atoms with Crippen LogP contribution in [0.1, 0.15) is 32.3 Å². The van der Waals surface area contributed by atoms with Crippen LogP contribution < -0.4 is 10.6 Å². The molecule has 1 atom stereocenters. The number of hydrogen-bond acceptors (Lipinski definition) is 2. The van der Waals surface area contributed by atoms with Gasteiger partial charge in [0.2, 0.25) is 5.91 Å². The van der Waals surface area contributed by atoms with E-state index in [4.69, 9.17) is 11.6 Å². The van der Waals surface area contributed by atoms with Crippen molar-refractivity contribution in [1.82, 2.24) is 10.6 Å². The maximum atomic E-state index is 11.7. The molecule has 0 aliphatic rings. The highest BCUT2D eigenvalue weighted by Crippen LogP contribution is 2.10. The summed E-state index contributed by atoms with van der Waals surface area (Å²) in [6.45, 7) is 5.36. The second kappa shape index (κ2) is 8.11. The lowest BCUT2D eigenvalue weighted by Crippen LogP contribution is -2.42. The lowest BCUT2D eigenvalue weighted by atomic mass is 10.2. The average Bonchev–Trinajstić information content (AvgIpc) is 2.36. The smallest absolute Gasteiger partial charge is 0.236 e. The van der Waals surface area contributed by atoms with Crippen molar-refractivity contribution in [2.24, 2.45) is 0 Å². The molecule has 1 aromatic rings. The summed E-state index contributed by atoms with van der Waals surface area (Å²) < 4.78 is 0. The first-order valence-electron chi connectivity index (χ1n) is 6.39. The van der Waals surface area contributed by atoms with Gasteiger partial charge in [-0.15, -0.1) is 0 Å². The van der Waals surface area contributed by atoms with Crippen LogP contribution in [0.2, 0.25) is 5.02 Å². The van der Waals surface area contributed by atoms with E-state index in [1.165, 1.54) is 0 Å². The Labute approximate surface area is 114 Å². The van der Waals surface area contributed by atoms with Crippen molar-refractivity contribution < 1.29 is 4.79 Å². The van der Waals surface area contributed by atoms with Crippen molar-refractivity contribution >= 4 is 17.5 Å². The van der Waals surface area contributed by atoms with Gasteiger partial charge in [-0.3, -0.25) is 4.79 Å². The van der Waals surface area contributed by atoms with Crippen molar-refractivity contribution in [3.05, 3.63) is 34.9 Å². The first-order chi connectivity index (χ1) is 8.63. The zero-order valence-corrected chi connectivity index (χ0v) is 11.8. The fraction of sp³-hybridized carbons (Fsp3) is 0.500. The van der Waals surface area contributed by atoms with E-state index in [2.05, 4.69) is 17.6 Å². The van der Waals surface area contributed by atoms with Crippen LogP contribution in [0.25, 0.3) is 0 Å². The topological polar surface area (TPSA) is 41.1 Å². The Morgan fingerprint density at radius 1 is 1.44 bits per heavy atom. The number of benzene rings is 1. The number of unbranched alkanes of at least 4 members (excludes halogenated alkanes) is 1. The van der Waals surface area contributed by atoms with Crippen molar-refractivity contribution in [2.45, 2.75) is 39.3 Å². The van der Waals surface area contributed by atoms with E-state index < -0.39 is 0 Å². The monoisotopic (exact) mass is 268 g/mol. The number of nitrogens with one attached hydrogen (secondary N) is 2. The molecule has 4 heteroatoms. The molecule has 1 amide bonds. The van der Waals surface area contributed by atoms with Gasteiger partial charge in [0.1, 0.15) is 0 Å². The average molecular weight is 269 g/mol. The van der Waals surface area contributed by atoms with Crippen LogP contribution in [0, 0.1) is 0 Å². The Morgan fingerprint density at radius 2 is 2.22 bits per heavy atom. The summed E-state index contributed by atoms with van der Waals surface area (Å²) >= 11 is 5.90. The van der Waals surface area contributed by atoms with Gasteiger partial charge in [0.25, 0.3) is 0 Å². The van der Waals surface area contributed by atoms with Crippen molar-refractivity contribution in [3.63, 3.8) is 0 Å². The number of carbonyl (C=O) groups is 1. The van der Waals surface area contributed by atoms with E-state index in [1.54, 1.807) is 0 Å². The van der Waals surface area contributed by atoms with Gasteiger partial charge in [0.15, 0.2) is 0 Å². The molecular formula is C14H21ClN2O. The summed E-state index contributed by atoms with van der Waals surface area (Å²) in [4.78, 5) is 11.7. The van der Waals surface area contributed by atoms with Gasteiger partial charge < -0.3 is 10.6 Å². The highest BCUT2D eigenvalue weighted by molar-refractivity contribution is 6.30. The van der Waals surface area contributed by atoms with Crippen LogP contribution in [0.3, 0.4) is 0 Å². The van der Waals surface area contributed by atoms with Crippen molar-refractivity contribution in [1.29, 1.82) is 0 Å². The van der Waals surface area contributed by atoms with E-state index in [-0.39, 0.29) is 11.9 Å². The molecule has 0 saturated heterocycles. The third-order valence-corrected chi connectivity index (χ3v) is 2.96. The Balaban J connectivity index is 2.32. The molecule has 0 aliphatic carbocycles. The van der Waals surface area contributed by atoms with Crippen molar-refractivity contribution in [3.8, 4) is 0 Å². The Kier molecular flexibility index (Phi) is 6.76. The van der Waals surface area contributed by atoms with Crippen LogP contribution in [-0.4, -0.2) is 18.5 Å². The quantitative estimate of drug-likeness (QED) is 0.747. The minimum Gasteiger partial charge on any atom is -0.355 e. The fourth-order valence-electron chi connectivity index (χ4n) is 1.55. The highest BCUT2D eigenvalue weighted by Gasteiger charge is 2.10. The third kappa shape index (κ3) is 5.52. The molecule has 18 heavy (non-hydrogen) atoms. The minimum atomic E-state index is -0.194. The largest absolute Gasteiger partial charge is 0.355 e. The third-order valence-electron chi connectivity index (χ3n) is 2.72. The molecule has 100 valence electrons. The molecular weight excluding hydrogens is 248 g/mol. The number of carbonyl (C=O) groups excluding carboxylic acids is 1. The van der Waals surface area contributed by atoms with Crippen LogP contribution in [0.15, 0.2) is 24.3 Å². The second-order valence-electron chi connectivity index (χ2n) is 4.38. The van der Waals surface area contributed by atoms with E-state index >= 15 is 0 Å². The summed E-state index contributed by atoms with van der Waals surface area (Å²) in [6.07, 6.45) is 2.11. The molecule has 1 rings (SSSR count). The van der Waals surface area contributed by atoms with Crippen LogP contribution in [-0.2, 0) is 11.3 Å². The lowest BCUT2D eigenvalue weighted by molar-refractivity contribution is -0.122. The van der Waals surface area contributed by atoms with Crippen LogP contribution >= 0.6 is 11.6 Å². The number of halogens is 1. The van der Waals surface area contributed by atoms with Gasteiger partial charge in [0.05, 0.1) is 6.04 Å². The molecule has 0 radical (unpaired) electrons. The first-order valence-corrected chi connectivity index (χ1v) is 6.76. The summed E-state index contributed by atoms with van der Waals surface area (Å²) in [5.74, 6) is 0.0467. The van der Waals surface area contributed by atoms with E-state index in [1.807, 2.05) is 31.2 Å². The highest BCUT2D eigenvalue weighted by atomic mass is 35.5. The molecule has 3 nitrogen and oxygen atoms in total. The zero-order valence-electron chi connectivity index (χ0n) is 11.0. The van der Waals surface area contributed by atoms with Gasteiger partial charge in [-0.1, -0.05) is 37.1 Å². The molecule has 1 unspecified atom stereocenters. The predicted molar refractivity (Wildman–Crippen MR) is 75.7 cm³/mol. The minimum absolute atomic E-state index is 0.0467. The van der Waals surface area contributed by atoms with Crippen LogP contribution in [0.5, 0.6) is 0 Å². The molecule has 0 aliphatic heterocycles. The Bertz CT molecular complexity index is 382. The predicted octanol–water partition coefficient (Wildman–Crippen LogP) is 2.73. The number of rotatable bonds is 7. The van der Waals surface area contributed by atoms with Gasteiger partial charge in [-0.05, 0) is 31.0 Å². The van der Waals surface area contributed by atoms with E-state index in [9.17, 15) is 4.79 Å². The molecule has 0 aromatic heterocycles. The van der Waals surface area contributed by atoms with Gasteiger partial charge >= 0.3 is 0 Å². The van der Waals surface area contributed by atoms with Crippen molar-refractivity contribution in [2.75, 3.05) is 6.54 Å². The molecule has 2 N–H and O–H groups in total. The van der Waals surface area contributed by atoms with E-state index in [0.29, 0.717) is 11.6 Å². The molecule has 0 spiro atoms. The SMILES string of the molecule is CCCCNC(=O)C(C)NCc1cccc(Cl)c1. The normalized spacial score (nSPS) is 12.2. The maximum absolute atomic E-state index is 11.7. The van der Waals surface area contributed by atoms with Gasteiger partial charge in [-0.25, -0.2) is 0 Å². The van der Waals surface area contributed by atoms with Gasteiger partial charge in [0, 0.05) is 18.1 Å². The Morgan fingerprint density at radius 3 is 2.89 bits per heavy atom. The molecule has 0 bridgehead atoms. The fourth-order valence-corrected chi connectivity index (χ4v) is 1.76. The molecule has 0 fully saturated rings. The maximum Gasteiger partial charge on any atom is 0.236 e. The number of amides is 1. The summed E-state index contributed by atoms with van der Waals surface area (Å²) in [5.41, 5.74) is 1.08.